The molecule has 2 rings (SSSR count). The van der Waals surface area contributed by atoms with Gasteiger partial charge in [0, 0.05) is 20.6 Å². The summed E-state index contributed by atoms with van der Waals surface area (Å²) in [4.78, 5) is 0. The second-order valence-corrected chi connectivity index (χ2v) is 5.36. The number of hydrogen-bond donors (Lipinski definition) is 2. The Labute approximate surface area is 131 Å². The van der Waals surface area contributed by atoms with Crippen LogP contribution in [0.5, 0.6) is 5.75 Å². The topological polar surface area (TPSA) is 59.1 Å². The fraction of sp³-hybridized carbons (Fsp3) is 0.0714. The van der Waals surface area contributed by atoms with Crippen LogP contribution in [0, 0.1) is 5.41 Å². The SMILES string of the molecule is N=C(N)c1ccc(Cl)cc1OCc1ccc(Cl)cc1Cl. The van der Waals surface area contributed by atoms with Crippen molar-refractivity contribution in [3.05, 3.63) is 62.6 Å². The lowest BCUT2D eigenvalue weighted by atomic mass is 10.2. The number of nitrogens with two attached hydrogens (primary N) is 1. The number of hydrogen-bond acceptors (Lipinski definition) is 2. The summed E-state index contributed by atoms with van der Waals surface area (Å²) < 4.78 is 5.65. The fourth-order valence-corrected chi connectivity index (χ4v) is 2.26. The van der Waals surface area contributed by atoms with E-state index in [9.17, 15) is 0 Å². The van der Waals surface area contributed by atoms with Crippen molar-refractivity contribution in [3.63, 3.8) is 0 Å². The maximum atomic E-state index is 7.51. The van der Waals surface area contributed by atoms with Gasteiger partial charge < -0.3 is 10.5 Å². The van der Waals surface area contributed by atoms with Gasteiger partial charge in [0.1, 0.15) is 18.2 Å². The van der Waals surface area contributed by atoms with Crippen LogP contribution in [0.2, 0.25) is 15.1 Å². The molecule has 0 amide bonds. The van der Waals surface area contributed by atoms with E-state index in [4.69, 9.17) is 50.7 Å². The zero-order chi connectivity index (χ0) is 14.7. The van der Waals surface area contributed by atoms with Crippen LogP contribution >= 0.6 is 34.8 Å². The van der Waals surface area contributed by atoms with E-state index in [0.29, 0.717) is 26.4 Å². The summed E-state index contributed by atoms with van der Waals surface area (Å²) in [5, 5.41) is 9.10. The van der Waals surface area contributed by atoms with E-state index in [2.05, 4.69) is 0 Å². The second-order valence-electron chi connectivity index (χ2n) is 4.08. The Bertz CT molecular complexity index is 659. The Hall–Kier alpha value is -1.42. The van der Waals surface area contributed by atoms with Crippen LogP contribution < -0.4 is 10.5 Å². The standard InChI is InChI=1S/C14H11Cl3N2O/c15-9-2-1-8(12(17)5-9)7-20-13-6-10(16)3-4-11(13)14(18)19/h1-6H,7H2,(H3,18,19). The minimum absolute atomic E-state index is 0.0844. The molecule has 0 unspecified atom stereocenters. The van der Waals surface area contributed by atoms with Gasteiger partial charge in [-0.15, -0.1) is 0 Å². The van der Waals surface area contributed by atoms with Gasteiger partial charge in [0.25, 0.3) is 0 Å². The van der Waals surface area contributed by atoms with Gasteiger partial charge in [-0.2, -0.15) is 0 Å². The van der Waals surface area contributed by atoms with E-state index in [-0.39, 0.29) is 12.4 Å². The minimum atomic E-state index is -0.0844. The zero-order valence-electron chi connectivity index (χ0n) is 10.3. The first kappa shape index (κ1) is 15.0. The van der Waals surface area contributed by atoms with Crippen LogP contribution in [0.3, 0.4) is 0 Å². The van der Waals surface area contributed by atoms with Gasteiger partial charge in [0.2, 0.25) is 0 Å². The number of nitrogens with one attached hydrogen (secondary N) is 1. The number of halogens is 3. The van der Waals surface area contributed by atoms with Crippen molar-refractivity contribution in [2.24, 2.45) is 5.73 Å². The minimum Gasteiger partial charge on any atom is -0.488 e. The summed E-state index contributed by atoms with van der Waals surface area (Å²) in [5.41, 5.74) is 6.77. The van der Waals surface area contributed by atoms with Gasteiger partial charge in [-0.25, -0.2) is 0 Å². The highest BCUT2D eigenvalue weighted by atomic mass is 35.5. The van der Waals surface area contributed by atoms with Gasteiger partial charge in [-0.1, -0.05) is 40.9 Å². The summed E-state index contributed by atoms with van der Waals surface area (Å²) >= 11 is 17.8. The highest BCUT2D eigenvalue weighted by molar-refractivity contribution is 6.35. The van der Waals surface area contributed by atoms with Gasteiger partial charge in [-0.05, 0) is 30.3 Å². The maximum absolute atomic E-state index is 7.51. The lowest BCUT2D eigenvalue weighted by Gasteiger charge is -2.12. The van der Waals surface area contributed by atoms with Crippen molar-refractivity contribution >= 4 is 40.6 Å². The van der Waals surface area contributed by atoms with Gasteiger partial charge in [-0.3, -0.25) is 5.41 Å². The normalized spacial score (nSPS) is 10.3. The quantitative estimate of drug-likeness (QED) is 0.640. The molecule has 0 heterocycles. The Morgan fingerprint density at radius 1 is 1.05 bits per heavy atom. The number of benzene rings is 2. The molecule has 0 atom stereocenters. The van der Waals surface area contributed by atoms with Gasteiger partial charge in [0.05, 0.1) is 5.56 Å². The third-order valence-electron chi connectivity index (χ3n) is 2.63. The lowest BCUT2D eigenvalue weighted by molar-refractivity contribution is 0.305. The molecule has 0 bridgehead atoms. The molecule has 0 spiro atoms. The summed E-state index contributed by atoms with van der Waals surface area (Å²) in [6.07, 6.45) is 0. The summed E-state index contributed by atoms with van der Waals surface area (Å²) in [6.45, 7) is 0.233. The molecule has 0 saturated carbocycles. The van der Waals surface area contributed by atoms with Crippen LogP contribution in [-0.2, 0) is 6.61 Å². The zero-order valence-corrected chi connectivity index (χ0v) is 12.6. The van der Waals surface area contributed by atoms with Crippen LogP contribution in [-0.4, -0.2) is 5.84 Å². The summed E-state index contributed by atoms with van der Waals surface area (Å²) in [6, 6.07) is 10.1. The lowest BCUT2D eigenvalue weighted by Crippen LogP contribution is -2.13. The molecule has 0 aliphatic carbocycles. The van der Waals surface area contributed by atoms with E-state index in [1.54, 1.807) is 36.4 Å². The summed E-state index contributed by atoms with van der Waals surface area (Å²) in [5.74, 6) is 0.356. The van der Waals surface area contributed by atoms with Crippen LogP contribution in [0.4, 0.5) is 0 Å². The molecular weight excluding hydrogens is 319 g/mol. The Morgan fingerprint density at radius 2 is 1.70 bits per heavy atom. The number of nitrogen functional groups attached to an aromatic ring is 1. The number of rotatable bonds is 4. The predicted octanol–water partition coefficient (Wildman–Crippen LogP) is 4.51. The van der Waals surface area contributed by atoms with Crippen molar-refractivity contribution in [3.8, 4) is 5.75 Å². The second kappa shape index (κ2) is 6.35. The molecule has 0 aliphatic heterocycles. The third kappa shape index (κ3) is 3.57. The first-order chi connectivity index (χ1) is 9.47. The van der Waals surface area contributed by atoms with E-state index >= 15 is 0 Å². The van der Waals surface area contributed by atoms with Crippen molar-refractivity contribution in [2.75, 3.05) is 0 Å². The molecule has 0 saturated heterocycles. The molecule has 3 N–H and O–H groups in total. The highest BCUT2D eigenvalue weighted by Crippen LogP contribution is 2.26. The average Bonchev–Trinajstić information content (AvgIpc) is 2.37. The third-order valence-corrected chi connectivity index (χ3v) is 3.45. The van der Waals surface area contributed by atoms with E-state index in [1.807, 2.05) is 0 Å². The van der Waals surface area contributed by atoms with Gasteiger partial charge >= 0.3 is 0 Å². The molecule has 2 aromatic rings. The smallest absolute Gasteiger partial charge is 0.132 e. The molecule has 0 fully saturated rings. The first-order valence-corrected chi connectivity index (χ1v) is 6.81. The fourth-order valence-electron chi connectivity index (χ4n) is 1.63. The van der Waals surface area contributed by atoms with Crippen molar-refractivity contribution in [2.45, 2.75) is 6.61 Å². The Morgan fingerprint density at radius 3 is 2.35 bits per heavy atom. The molecule has 104 valence electrons. The number of amidine groups is 1. The molecule has 3 nitrogen and oxygen atoms in total. The molecule has 2 aromatic carbocycles. The van der Waals surface area contributed by atoms with E-state index < -0.39 is 0 Å². The van der Waals surface area contributed by atoms with Crippen molar-refractivity contribution in [1.82, 2.24) is 0 Å². The molecule has 0 radical (unpaired) electrons. The molecule has 0 aliphatic rings. The Balaban J connectivity index is 2.22. The highest BCUT2D eigenvalue weighted by Gasteiger charge is 2.09. The number of ether oxygens (including phenoxy) is 1. The molecular formula is C14H11Cl3N2O. The maximum Gasteiger partial charge on any atom is 0.132 e. The first-order valence-electron chi connectivity index (χ1n) is 5.68. The summed E-state index contributed by atoms with van der Waals surface area (Å²) in [7, 11) is 0. The largest absolute Gasteiger partial charge is 0.488 e. The van der Waals surface area contributed by atoms with Crippen molar-refractivity contribution < 1.29 is 4.74 Å². The van der Waals surface area contributed by atoms with E-state index in [1.165, 1.54) is 0 Å². The monoisotopic (exact) mass is 328 g/mol. The molecule has 6 heteroatoms. The molecule has 0 aromatic heterocycles. The Kier molecular flexibility index (Phi) is 4.76. The van der Waals surface area contributed by atoms with Crippen LogP contribution in [0.15, 0.2) is 36.4 Å². The molecule has 20 heavy (non-hydrogen) atoms. The van der Waals surface area contributed by atoms with E-state index in [0.717, 1.165) is 5.56 Å². The average molecular weight is 330 g/mol. The van der Waals surface area contributed by atoms with Crippen LogP contribution in [0.25, 0.3) is 0 Å². The predicted molar refractivity (Wildman–Crippen MR) is 83.3 cm³/mol. The van der Waals surface area contributed by atoms with Crippen molar-refractivity contribution in [1.29, 1.82) is 5.41 Å². The van der Waals surface area contributed by atoms with Gasteiger partial charge in [0.15, 0.2) is 0 Å². The van der Waals surface area contributed by atoms with Crippen LogP contribution in [0.1, 0.15) is 11.1 Å².